The molecule has 1 saturated heterocycles. The Labute approximate surface area is 118 Å². The van der Waals surface area contributed by atoms with E-state index in [2.05, 4.69) is 59.1 Å². The summed E-state index contributed by atoms with van der Waals surface area (Å²) in [5.74, 6) is 0.744. The summed E-state index contributed by atoms with van der Waals surface area (Å²) in [5.41, 5.74) is 0. The van der Waals surface area contributed by atoms with E-state index in [0.29, 0.717) is 35.1 Å². The van der Waals surface area contributed by atoms with Crippen LogP contribution in [0.5, 0.6) is 0 Å². The van der Waals surface area contributed by atoms with Crippen molar-refractivity contribution in [2.24, 2.45) is 5.92 Å². The van der Waals surface area contributed by atoms with Crippen molar-refractivity contribution in [1.82, 2.24) is 10.2 Å². The van der Waals surface area contributed by atoms with E-state index >= 15 is 0 Å². The molecule has 0 radical (unpaired) electrons. The molecule has 1 aliphatic rings. The summed E-state index contributed by atoms with van der Waals surface area (Å²) in [5, 5.41) is 3.26. The Hall–Kier alpha value is -0.610. The van der Waals surface area contributed by atoms with Crippen LogP contribution in [0.1, 0.15) is 34.1 Å². The molecule has 0 bridgehead atoms. The first-order chi connectivity index (χ1) is 8.61. The van der Waals surface area contributed by atoms with Crippen molar-refractivity contribution in [3.05, 3.63) is 0 Å². The highest BCUT2D eigenvalue weighted by Gasteiger charge is 2.38. The number of hydrogen-bond acceptors (Lipinski definition) is 2. The van der Waals surface area contributed by atoms with E-state index in [0.717, 1.165) is 13.0 Å². The number of likely N-dealkylation sites (N-methyl/N-ethyl adjacent to an activating group) is 1. The van der Waals surface area contributed by atoms with Crippen molar-refractivity contribution in [3.63, 3.8) is 0 Å². The highest BCUT2D eigenvalue weighted by Crippen LogP contribution is 2.26. The van der Waals surface area contributed by atoms with E-state index in [1.54, 1.807) is 0 Å². The Morgan fingerprint density at radius 1 is 1.26 bits per heavy atom. The molecule has 1 rings (SSSR count). The van der Waals surface area contributed by atoms with Crippen LogP contribution < -0.4 is 5.32 Å². The molecule has 1 fully saturated rings. The Kier molecular flexibility index (Phi) is 5.39. The minimum atomic E-state index is 0.175. The van der Waals surface area contributed by atoms with Crippen LogP contribution in [-0.2, 0) is 4.79 Å². The maximum Gasteiger partial charge on any atom is 0.275 e. The smallest absolute Gasteiger partial charge is 0.275 e. The van der Waals surface area contributed by atoms with Gasteiger partial charge in [-0.2, -0.15) is 0 Å². The first-order valence-corrected chi connectivity index (χ1v) is 7.47. The number of nitrogens with one attached hydrogen (secondary N) is 1. The zero-order chi connectivity index (χ0) is 14.8. The van der Waals surface area contributed by atoms with E-state index < -0.39 is 0 Å². The third-order valence-corrected chi connectivity index (χ3v) is 3.80. The highest BCUT2D eigenvalue weighted by atomic mass is 16.2. The SMILES string of the molecule is CC(C)C1C(NC(=O)C[N+](C)(C)C)CCN1C(C)C. The number of likely N-dealkylation sites (tertiary alicyclic amines) is 1. The lowest BCUT2D eigenvalue weighted by atomic mass is 9.96. The molecule has 0 spiro atoms. The largest absolute Gasteiger partial charge is 0.347 e. The van der Waals surface area contributed by atoms with Crippen molar-refractivity contribution in [2.75, 3.05) is 34.2 Å². The second-order valence-corrected chi connectivity index (χ2v) is 7.48. The summed E-state index contributed by atoms with van der Waals surface area (Å²) in [4.78, 5) is 14.6. The molecule has 1 aliphatic heterocycles. The molecule has 0 aromatic heterocycles. The quantitative estimate of drug-likeness (QED) is 0.764. The molecule has 19 heavy (non-hydrogen) atoms. The molecule has 2 atom stereocenters. The molecule has 1 heterocycles. The number of hydrogen-bond donors (Lipinski definition) is 1. The number of carbonyl (C=O) groups is 1. The maximum atomic E-state index is 12.1. The van der Waals surface area contributed by atoms with Gasteiger partial charge in [0.25, 0.3) is 5.91 Å². The molecular weight excluding hydrogens is 238 g/mol. The van der Waals surface area contributed by atoms with Gasteiger partial charge >= 0.3 is 0 Å². The number of carbonyl (C=O) groups excluding carboxylic acids is 1. The zero-order valence-corrected chi connectivity index (χ0v) is 13.7. The summed E-state index contributed by atoms with van der Waals surface area (Å²) >= 11 is 0. The Bertz CT molecular complexity index is 307. The van der Waals surface area contributed by atoms with E-state index in [-0.39, 0.29) is 5.91 Å². The van der Waals surface area contributed by atoms with Crippen molar-refractivity contribution in [1.29, 1.82) is 0 Å². The van der Waals surface area contributed by atoms with Gasteiger partial charge in [0.2, 0.25) is 0 Å². The summed E-state index contributed by atoms with van der Waals surface area (Å²) in [6, 6.07) is 1.32. The minimum absolute atomic E-state index is 0.175. The third-order valence-electron chi connectivity index (χ3n) is 3.80. The van der Waals surface area contributed by atoms with Crippen molar-refractivity contribution in [3.8, 4) is 0 Å². The van der Waals surface area contributed by atoms with Crippen LogP contribution in [0.15, 0.2) is 0 Å². The molecule has 4 nitrogen and oxygen atoms in total. The van der Waals surface area contributed by atoms with E-state index in [9.17, 15) is 4.79 Å². The summed E-state index contributed by atoms with van der Waals surface area (Å²) in [7, 11) is 6.15. The average molecular weight is 270 g/mol. The van der Waals surface area contributed by atoms with Gasteiger partial charge in [-0.3, -0.25) is 9.69 Å². The molecular formula is C15H32N3O+. The number of quaternary nitrogens is 1. The molecule has 1 N–H and O–H groups in total. The molecule has 4 heteroatoms. The van der Waals surface area contributed by atoms with Crippen LogP contribution >= 0.6 is 0 Å². The molecule has 112 valence electrons. The number of nitrogens with zero attached hydrogens (tertiary/aromatic N) is 2. The van der Waals surface area contributed by atoms with Crippen molar-refractivity contribution >= 4 is 5.91 Å². The predicted molar refractivity (Wildman–Crippen MR) is 79.9 cm³/mol. The van der Waals surface area contributed by atoms with Gasteiger partial charge in [-0.25, -0.2) is 0 Å². The van der Waals surface area contributed by atoms with Gasteiger partial charge in [-0.1, -0.05) is 13.8 Å². The lowest BCUT2D eigenvalue weighted by molar-refractivity contribution is -0.862. The summed E-state index contributed by atoms with van der Waals surface area (Å²) in [6.45, 7) is 10.6. The molecule has 1 amide bonds. The van der Waals surface area contributed by atoms with Gasteiger partial charge in [-0.15, -0.1) is 0 Å². The maximum absolute atomic E-state index is 12.1. The van der Waals surface area contributed by atoms with Gasteiger partial charge < -0.3 is 9.80 Å². The molecule has 2 unspecified atom stereocenters. The van der Waals surface area contributed by atoms with Crippen molar-refractivity contribution in [2.45, 2.75) is 52.2 Å². The standard InChI is InChI=1S/C15H31N3O/c1-11(2)15-13(8-9-17(15)12(3)4)16-14(19)10-18(5,6)7/h11-13,15H,8-10H2,1-7H3/p+1. The summed E-state index contributed by atoms with van der Waals surface area (Å²) in [6.07, 6.45) is 1.07. The lowest BCUT2D eigenvalue weighted by Gasteiger charge is -2.34. The fraction of sp³-hybridized carbons (Fsp3) is 0.933. The fourth-order valence-electron chi connectivity index (χ4n) is 3.13. The van der Waals surface area contributed by atoms with Crippen LogP contribution in [0.3, 0.4) is 0 Å². The van der Waals surface area contributed by atoms with E-state index in [1.165, 1.54) is 0 Å². The molecule has 0 saturated carbocycles. The second kappa shape index (κ2) is 6.23. The van der Waals surface area contributed by atoms with Gasteiger partial charge in [0.05, 0.1) is 21.1 Å². The average Bonchev–Trinajstić information content (AvgIpc) is 2.57. The van der Waals surface area contributed by atoms with Crippen LogP contribution in [0, 0.1) is 5.92 Å². The number of amides is 1. The van der Waals surface area contributed by atoms with E-state index in [1.807, 2.05) is 0 Å². The monoisotopic (exact) mass is 270 g/mol. The van der Waals surface area contributed by atoms with Gasteiger partial charge in [-0.05, 0) is 26.2 Å². The fourth-order valence-corrected chi connectivity index (χ4v) is 3.13. The van der Waals surface area contributed by atoms with Crippen LogP contribution in [-0.4, -0.2) is 67.6 Å². The first-order valence-electron chi connectivity index (χ1n) is 7.47. The molecule has 0 aromatic rings. The van der Waals surface area contributed by atoms with Crippen molar-refractivity contribution < 1.29 is 9.28 Å². The van der Waals surface area contributed by atoms with Crippen LogP contribution in [0.2, 0.25) is 0 Å². The molecule has 0 aromatic carbocycles. The van der Waals surface area contributed by atoms with Gasteiger partial charge in [0.1, 0.15) is 0 Å². The highest BCUT2D eigenvalue weighted by molar-refractivity contribution is 5.77. The van der Waals surface area contributed by atoms with Crippen LogP contribution in [0.25, 0.3) is 0 Å². The Morgan fingerprint density at radius 3 is 2.26 bits per heavy atom. The van der Waals surface area contributed by atoms with Crippen LogP contribution in [0.4, 0.5) is 0 Å². The Balaban J connectivity index is 2.65. The summed E-state index contributed by atoms with van der Waals surface area (Å²) < 4.78 is 0.679. The number of rotatable bonds is 5. The lowest BCUT2D eigenvalue weighted by Crippen LogP contribution is -2.52. The first kappa shape index (κ1) is 16.4. The predicted octanol–water partition coefficient (Wildman–Crippen LogP) is 1.32. The topological polar surface area (TPSA) is 32.3 Å². The second-order valence-electron chi connectivity index (χ2n) is 7.48. The third kappa shape index (κ3) is 4.77. The van der Waals surface area contributed by atoms with E-state index in [4.69, 9.17) is 0 Å². The Morgan fingerprint density at radius 2 is 1.84 bits per heavy atom. The molecule has 0 aliphatic carbocycles. The van der Waals surface area contributed by atoms with Gasteiger partial charge in [0.15, 0.2) is 6.54 Å². The normalized spacial score (nSPS) is 25.3. The zero-order valence-electron chi connectivity index (χ0n) is 13.7. The minimum Gasteiger partial charge on any atom is -0.347 e. The van der Waals surface area contributed by atoms with Gasteiger partial charge in [0, 0.05) is 24.7 Å².